The van der Waals surface area contributed by atoms with Crippen molar-refractivity contribution in [3.8, 4) is 0 Å². The van der Waals surface area contributed by atoms with Gasteiger partial charge in [0.1, 0.15) is 21.6 Å². The van der Waals surface area contributed by atoms with Gasteiger partial charge in [0, 0.05) is 9.77 Å². The second-order valence-corrected chi connectivity index (χ2v) is 5.57. The molecule has 16 heavy (non-hydrogen) atoms. The Morgan fingerprint density at radius 2 is 2.06 bits per heavy atom. The summed E-state index contributed by atoms with van der Waals surface area (Å²) in [4.78, 5) is 4.61. The minimum absolute atomic E-state index is 0.328. The predicted molar refractivity (Wildman–Crippen MR) is 68.0 cm³/mol. The molecule has 82 valence electrons. The largest absolute Gasteiger partial charge is 0.247 e. The van der Waals surface area contributed by atoms with Gasteiger partial charge in [0.2, 0.25) is 0 Å². The number of pyridine rings is 1. The number of rotatable bonds is 2. The average Bonchev–Trinajstić information content (AvgIpc) is 2.29. The fourth-order valence-corrected chi connectivity index (χ4v) is 3.28. The Morgan fingerprint density at radius 3 is 2.69 bits per heavy atom. The maximum Gasteiger partial charge on any atom is 0.132 e. The first kappa shape index (κ1) is 11.7. The zero-order valence-electron chi connectivity index (χ0n) is 8.06. The van der Waals surface area contributed by atoms with E-state index in [9.17, 15) is 8.60 Å². The van der Waals surface area contributed by atoms with Gasteiger partial charge in [0.25, 0.3) is 0 Å². The molecule has 0 saturated heterocycles. The van der Waals surface area contributed by atoms with E-state index in [2.05, 4.69) is 4.98 Å². The van der Waals surface area contributed by atoms with Crippen LogP contribution in [0.3, 0.4) is 0 Å². The van der Waals surface area contributed by atoms with Crippen molar-refractivity contribution in [2.45, 2.75) is 9.92 Å². The monoisotopic (exact) mass is 347 g/mol. The quantitative estimate of drug-likeness (QED) is 0.782. The molecule has 2 rings (SSSR count). The van der Waals surface area contributed by atoms with Crippen LogP contribution in [0.2, 0.25) is 0 Å². The summed E-state index contributed by atoms with van der Waals surface area (Å²) in [6.45, 7) is 0. The van der Waals surface area contributed by atoms with Crippen molar-refractivity contribution in [2.75, 3.05) is 0 Å². The molecule has 5 heteroatoms. The average molecular weight is 347 g/mol. The smallest absolute Gasteiger partial charge is 0.132 e. The van der Waals surface area contributed by atoms with Gasteiger partial charge in [-0.25, -0.2) is 13.6 Å². The normalized spacial score (nSPS) is 12.4. The molecule has 1 atom stereocenters. The second-order valence-electron chi connectivity index (χ2n) is 3.01. The molecular weight excluding hydrogens is 340 g/mol. The highest BCUT2D eigenvalue weighted by atomic mass is 127. The van der Waals surface area contributed by atoms with Gasteiger partial charge in [-0.05, 0) is 52.9 Å². The van der Waals surface area contributed by atoms with E-state index in [0.717, 1.165) is 0 Å². The summed E-state index contributed by atoms with van der Waals surface area (Å²) in [7, 11) is -1.35. The van der Waals surface area contributed by atoms with Crippen molar-refractivity contribution in [1.29, 1.82) is 0 Å². The summed E-state index contributed by atoms with van der Waals surface area (Å²) >= 11 is 1.97. The molecule has 0 radical (unpaired) electrons. The summed E-state index contributed by atoms with van der Waals surface area (Å²) in [5.74, 6) is -0.328. The lowest BCUT2D eigenvalue weighted by Gasteiger charge is -2.03. The predicted octanol–water partition coefficient (Wildman–Crippen LogP) is 2.99. The lowest BCUT2D eigenvalue weighted by Crippen LogP contribution is -1.98. The minimum Gasteiger partial charge on any atom is -0.247 e. The van der Waals surface area contributed by atoms with E-state index >= 15 is 0 Å². The molecule has 0 aliphatic carbocycles. The first-order valence-electron chi connectivity index (χ1n) is 4.46. The van der Waals surface area contributed by atoms with Crippen LogP contribution in [-0.4, -0.2) is 9.19 Å². The van der Waals surface area contributed by atoms with Gasteiger partial charge in [-0.2, -0.15) is 0 Å². The highest BCUT2D eigenvalue weighted by molar-refractivity contribution is 14.1. The molecule has 1 heterocycles. The van der Waals surface area contributed by atoms with Crippen molar-refractivity contribution < 1.29 is 8.60 Å². The van der Waals surface area contributed by atoms with Crippen molar-refractivity contribution >= 4 is 33.4 Å². The number of nitrogens with zero attached hydrogens (tertiary/aromatic N) is 1. The van der Waals surface area contributed by atoms with Gasteiger partial charge in [-0.1, -0.05) is 6.07 Å². The van der Waals surface area contributed by atoms with E-state index < -0.39 is 10.8 Å². The van der Waals surface area contributed by atoms with E-state index in [-0.39, 0.29) is 5.82 Å². The maximum absolute atomic E-state index is 12.9. The van der Waals surface area contributed by atoms with Crippen LogP contribution in [-0.2, 0) is 10.8 Å². The van der Waals surface area contributed by atoms with E-state index in [4.69, 9.17) is 0 Å². The Bertz CT molecular complexity index is 533. The summed E-state index contributed by atoms with van der Waals surface area (Å²) in [6, 6.07) is 9.42. The van der Waals surface area contributed by atoms with Gasteiger partial charge in [-0.3, -0.25) is 0 Å². The van der Waals surface area contributed by atoms with Crippen LogP contribution in [0.5, 0.6) is 0 Å². The standard InChI is InChI=1S/C11H7FINOS/c12-8-4-5-10(9(13)7-8)16(15)11-3-1-2-6-14-11/h1-7H. The Balaban J connectivity index is 2.42. The van der Waals surface area contributed by atoms with E-state index in [1.54, 1.807) is 24.4 Å². The third kappa shape index (κ3) is 2.46. The molecule has 0 spiro atoms. The fourth-order valence-electron chi connectivity index (χ4n) is 1.19. The van der Waals surface area contributed by atoms with Crippen LogP contribution < -0.4 is 0 Å². The van der Waals surface area contributed by atoms with Crippen LogP contribution in [0.4, 0.5) is 4.39 Å². The SMILES string of the molecule is O=S(c1ccccn1)c1ccc(F)cc1I. The molecule has 0 aliphatic rings. The molecule has 2 aromatic rings. The second kappa shape index (κ2) is 5.01. The van der Waals surface area contributed by atoms with E-state index in [0.29, 0.717) is 13.5 Å². The third-order valence-corrected chi connectivity index (χ3v) is 4.56. The molecule has 0 saturated carbocycles. The molecule has 0 bridgehead atoms. The Labute approximate surface area is 109 Å². The molecule has 1 aromatic carbocycles. The molecule has 0 amide bonds. The molecule has 0 fully saturated rings. The number of aromatic nitrogens is 1. The maximum atomic E-state index is 12.9. The van der Waals surface area contributed by atoms with E-state index in [1.165, 1.54) is 18.2 Å². The lowest BCUT2D eigenvalue weighted by atomic mass is 10.3. The van der Waals surface area contributed by atoms with Crippen LogP contribution in [0, 0.1) is 9.39 Å². The molecule has 1 unspecified atom stereocenters. The minimum atomic E-state index is -1.35. The summed E-state index contributed by atoms with van der Waals surface area (Å²) in [5, 5.41) is 0.479. The highest BCUT2D eigenvalue weighted by Crippen LogP contribution is 2.21. The van der Waals surface area contributed by atoms with Crippen molar-refractivity contribution in [1.82, 2.24) is 4.98 Å². The van der Waals surface area contributed by atoms with Crippen molar-refractivity contribution in [3.63, 3.8) is 0 Å². The van der Waals surface area contributed by atoms with Gasteiger partial charge in [0.15, 0.2) is 0 Å². The lowest BCUT2D eigenvalue weighted by molar-refractivity contribution is 0.624. The van der Waals surface area contributed by atoms with Crippen LogP contribution in [0.15, 0.2) is 52.5 Å². The number of hydrogen-bond donors (Lipinski definition) is 0. The van der Waals surface area contributed by atoms with Crippen LogP contribution in [0.25, 0.3) is 0 Å². The Kier molecular flexibility index (Phi) is 3.65. The topological polar surface area (TPSA) is 30.0 Å². The van der Waals surface area contributed by atoms with Gasteiger partial charge in [0.05, 0.1) is 4.90 Å². The van der Waals surface area contributed by atoms with Gasteiger partial charge in [-0.15, -0.1) is 0 Å². The first-order chi connectivity index (χ1) is 7.68. The summed E-state index contributed by atoms with van der Waals surface area (Å²) < 4.78 is 25.6. The van der Waals surface area contributed by atoms with Crippen LogP contribution in [0.1, 0.15) is 0 Å². The number of benzene rings is 1. The molecular formula is C11H7FINOS. The van der Waals surface area contributed by atoms with Gasteiger partial charge < -0.3 is 0 Å². The van der Waals surface area contributed by atoms with Gasteiger partial charge >= 0.3 is 0 Å². The summed E-state index contributed by atoms with van der Waals surface area (Å²) in [6.07, 6.45) is 1.59. The molecule has 1 aromatic heterocycles. The fraction of sp³-hybridized carbons (Fsp3) is 0. The third-order valence-electron chi connectivity index (χ3n) is 1.92. The zero-order valence-corrected chi connectivity index (χ0v) is 11.0. The molecule has 0 N–H and O–H groups in total. The van der Waals surface area contributed by atoms with Crippen molar-refractivity contribution in [2.24, 2.45) is 0 Å². The summed E-state index contributed by atoms with van der Waals surface area (Å²) in [5.41, 5.74) is 0. The highest BCUT2D eigenvalue weighted by Gasteiger charge is 2.11. The molecule has 2 nitrogen and oxygen atoms in total. The molecule has 0 aliphatic heterocycles. The zero-order chi connectivity index (χ0) is 11.5. The Hall–Kier alpha value is -0.820. The van der Waals surface area contributed by atoms with E-state index in [1.807, 2.05) is 22.6 Å². The number of halogens is 2. The first-order valence-corrected chi connectivity index (χ1v) is 6.69. The number of hydrogen-bond acceptors (Lipinski definition) is 2. The van der Waals surface area contributed by atoms with Crippen molar-refractivity contribution in [3.05, 3.63) is 52.0 Å². The van der Waals surface area contributed by atoms with Crippen LogP contribution >= 0.6 is 22.6 Å². The Morgan fingerprint density at radius 1 is 1.25 bits per heavy atom.